The average molecular weight is 514 g/mol. The van der Waals surface area contributed by atoms with Crippen molar-refractivity contribution in [2.24, 2.45) is 5.92 Å². The molecule has 0 unspecified atom stereocenters. The number of carbonyl (C=O) groups is 1. The minimum atomic E-state index is -4.67. The predicted octanol–water partition coefficient (Wildman–Crippen LogP) is 2.06. The maximum absolute atomic E-state index is 15.4. The van der Waals surface area contributed by atoms with E-state index in [-0.39, 0.29) is 17.0 Å². The van der Waals surface area contributed by atoms with Crippen LogP contribution in [0.4, 0.5) is 10.1 Å². The van der Waals surface area contributed by atoms with E-state index in [1.807, 2.05) is 4.90 Å². The summed E-state index contributed by atoms with van der Waals surface area (Å²) in [5.41, 5.74) is -0.135. The SMILES string of the molecule is COc1c(N2C[C@@H]3CCCN(C)[C@@H]3C2)c(F)cc2c(=O)c(C(=O)O)cn(C3CC3)c12.O=S(=O)(O)O. The third-order valence-corrected chi connectivity index (χ3v) is 6.95. The maximum atomic E-state index is 15.4. The number of rotatable bonds is 4. The number of pyridine rings is 1. The van der Waals surface area contributed by atoms with Gasteiger partial charge in [0.2, 0.25) is 5.43 Å². The van der Waals surface area contributed by atoms with Gasteiger partial charge in [-0.2, -0.15) is 8.42 Å². The van der Waals surface area contributed by atoms with Crippen LogP contribution < -0.4 is 15.1 Å². The summed E-state index contributed by atoms with van der Waals surface area (Å²) in [6, 6.07) is 1.68. The van der Waals surface area contributed by atoms with Crippen LogP contribution in [0.15, 0.2) is 17.1 Å². The molecule has 0 spiro atoms. The van der Waals surface area contributed by atoms with E-state index in [1.165, 1.54) is 19.4 Å². The van der Waals surface area contributed by atoms with Crippen molar-refractivity contribution < 1.29 is 36.6 Å². The fraction of sp³-hybridized carbons (Fsp3) is 0.545. The molecule has 1 aliphatic carbocycles. The van der Waals surface area contributed by atoms with Crippen molar-refractivity contribution >= 4 is 33.0 Å². The molecule has 2 saturated heterocycles. The van der Waals surface area contributed by atoms with Gasteiger partial charge < -0.3 is 24.2 Å². The van der Waals surface area contributed by atoms with Crippen molar-refractivity contribution in [1.82, 2.24) is 9.47 Å². The van der Waals surface area contributed by atoms with Gasteiger partial charge in [0.05, 0.1) is 18.0 Å². The number of anilines is 1. The van der Waals surface area contributed by atoms with E-state index in [0.29, 0.717) is 35.5 Å². The van der Waals surface area contributed by atoms with Gasteiger partial charge in [-0.05, 0) is 51.3 Å². The van der Waals surface area contributed by atoms with E-state index in [2.05, 4.69) is 11.9 Å². The number of aromatic carboxylic acids is 1. The summed E-state index contributed by atoms with van der Waals surface area (Å²) in [5.74, 6) is -1.04. The number of piperidine rings is 1. The number of likely N-dealkylation sites (tertiary alicyclic amines) is 1. The first kappa shape index (κ1) is 25.4. The van der Waals surface area contributed by atoms with Gasteiger partial charge in [0.25, 0.3) is 0 Å². The standard InChI is InChI=1S/C22H26FN3O4.H2O4S/c1-24-7-3-4-12-9-25(11-17(12)24)19-16(23)8-14-18(21(19)30-2)26(13-5-6-13)10-15(20(14)27)22(28)29;1-5(2,3)4/h8,10,12-13,17H,3-7,9,11H2,1-2H3,(H,28,29);(H2,1,2,3,4)/t12-,17+;/m0./s1. The number of methoxy groups -OCH3 is 1. The topological polar surface area (TPSA) is 150 Å². The summed E-state index contributed by atoms with van der Waals surface area (Å²) < 4.78 is 54.5. The Balaban J connectivity index is 0.000000527. The van der Waals surface area contributed by atoms with Crippen molar-refractivity contribution in [3.8, 4) is 5.75 Å². The number of aromatic nitrogens is 1. The van der Waals surface area contributed by atoms with Gasteiger partial charge in [0, 0.05) is 31.4 Å². The van der Waals surface area contributed by atoms with E-state index in [4.69, 9.17) is 22.3 Å². The minimum Gasteiger partial charge on any atom is -0.492 e. The minimum absolute atomic E-state index is 0.0635. The highest BCUT2D eigenvalue weighted by Gasteiger charge is 2.40. The molecule has 3 heterocycles. The van der Waals surface area contributed by atoms with E-state index in [0.717, 1.165) is 38.8 Å². The average Bonchev–Trinajstić information content (AvgIpc) is 3.50. The van der Waals surface area contributed by atoms with Crippen LogP contribution in [0.25, 0.3) is 10.9 Å². The smallest absolute Gasteiger partial charge is 0.394 e. The zero-order chi connectivity index (χ0) is 25.7. The summed E-state index contributed by atoms with van der Waals surface area (Å²) in [6.45, 7) is 2.50. The summed E-state index contributed by atoms with van der Waals surface area (Å²) >= 11 is 0. The second kappa shape index (κ2) is 9.37. The highest BCUT2D eigenvalue weighted by atomic mass is 32.3. The third kappa shape index (κ3) is 5.13. The lowest BCUT2D eigenvalue weighted by Gasteiger charge is -2.33. The molecular formula is C22H28FN3O8S. The zero-order valence-electron chi connectivity index (χ0n) is 19.3. The number of ether oxygens (including phenoxy) is 1. The van der Waals surface area contributed by atoms with Crippen molar-refractivity contribution in [2.75, 3.05) is 38.7 Å². The van der Waals surface area contributed by atoms with Crippen LogP contribution in [-0.4, -0.2) is 77.9 Å². The third-order valence-electron chi connectivity index (χ3n) is 6.95. The number of nitrogens with zero attached hydrogens (tertiary/aromatic N) is 3. The first-order valence-electron chi connectivity index (χ1n) is 11.2. The van der Waals surface area contributed by atoms with E-state index >= 15 is 4.39 Å². The molecule has 192 valence electrons. The highest BCUT2D eigenvalue weighted by molar-refractivity contribution is 7.79. The molecule has 2 aromatic rings. The Labute approximate surface area is 201 Å². The molecule has 11 nitrogen and oxygen atoms in total. The molecule has 5 rings (SSSR count). The monoisotopic (exact) mass is 513 g/mol. The normalized spacial score (nSPS) is 22.5. The predicted molar refractivity (Wildman–Crippen MR) is 125 cm³/mol. The molecule has 13 heteroatoms. The van der Waals surface area contributed by atoms with Crippen LogP contribution in [0, 0.1) is 11.7 Å². The lowest BCUT2D eigenvalue weighted by atomic mass is 9.93. The summed E-state index contributed by atoms with van der Waals surface area (Å²) in [4.78, 5) is 28.8. The lowest BCUT2D eigenvalue weighted by molar-refractivity contribution is 0.0694. The number of halogens is 1. The van der Waals surface area contributed by atoms with Crippen molar-refractivity contribution in [2.45, 2.75) is 37.8 Å². The van der Waals surface area contributed by atoms with E-state index in [1.54, 1.807) is 4.57 Å². The zero-order valence-corrected chi connectivity index (χ0v) is 20.2. The van der Waals surface area contributed by atoms with Crippen LogP contribution in [0.5, 0.6) is 5.75 Å². The Morgan fingerprint density at radius 1 is 1.20 bits per heavy atom. The Bertz CT molecular complexity index is 1320. The first-order chi connectivity index (χ1) is 16.4. The number of carboxylic acids is 1. The fourth-order valence-electron chi connectivity index (χ4n) is 5.31. The molecule has 0 radical (unpaired) electrons. The summed E-state index contributed by atoms with van der Waals surface area (Å²) in [6.07, 6.45) is 5.45. The molecule has 0 bridgehead atoms. The molecule has 3 N–H and O–H groups in total. The van der Waals surface area contributed by atoms with Gasteiger partial charge in [0.15, 0.2) is 11.6 Å². The van der Waals surface area contributed by atoms with Crippen molar-refractivity contribution in [3.63, 3.8) is 0 Å². The van der Waals surface area contributed by atoms with Crippen molar-refractivity contribution in [1.29, 1.82) is 0 Å². The first-order valence-corrected chi connectivity index (χ1v) is 12.6. The van der Waals surface area contributed by atoms with E-state index < -0.39 is 27.6 Å². The quantitative estimate of drug-likeness (QED) is 0.519. The summed E-state index contributed by atoms with van der Waals surface area (Å²) in [5, 5.41) is 9.53. The molecular weight excluding hydrogens is 485 g/mol. The number of hydrogen-bond donors (Lipinski definition) is 3. The number of benzene rings is 1. The number of hydrogen-bond acceptors (Lipinski definition) is 7. The molecule has 2 aliphatic heterocycles. The molecule has 35 heavy (non-hydrogen) atoms. The van der Waals surface area contributed by atoms with Gasteiger partial charge in [-0.3, -0.25) is 13.9 Å². The largest absolute Gasteiger partial charge is 0.492 e. The van der Waals surface area contributed by atoms with Crippen LogP contribution in [0.2, 0.25) is 0 Å². The van der Waals surface area contributed by atoms with E-state index in [9.17, 15) is 14.7 Å². The van der Waals surface area contributed by atoms with Gasteiger partial charge in [-0.25, -0.2) is 9.18 Å². The molecule has 1 saturated carbocycles. The highest BCUT2D eigenvalue weighted by Crippen LogP contribution is 2.45. The number of fused-ring (bicyclic) bond motifs is 2. The van der Waals surface area contributed by atoms with Gasteiger partial charge in [0.1, 0.15) is 11.3 Å². The Morgan fingerprint density at radius 2 is 1.86 bits per heavy atom. The van der Waals surface area contributed by atoms with Gasteiger partial charge in [-0.15, -0.1) is 0 Å². The molecule has 1 aromatic heterocycles. The molecule has 3 fully saturated rings. The van der Waals surface area contributed by atoms with Crippen LogP contribution in [-0.2, 0) is 10.4 Å². The van der Waals surface area contributed by atoms with Gasteiger partial charge in [-0.1, -0.05) is 0 Å². The van der Waals surface area contributed by atoms with Crippen LogP contribution >= 0.6 is 0 Å². The molecule has 1 aromatic carbocycles. The van der Waals surface area contributed by atoms with Crippen LogP contribution in [0.3, 0.4) is 0 Å². The molecule has 0 amide bonds. The van der Waals surface area contributed by atoms with Crippen LogP contribution in [0.1, 0.15) is 42.1 Å². The Kier molecular flexibility index (Phi) is 6.79. The number of carboxylic acid groups (broad SMARTS) is 1. The molecule has 3 aliphatic rings. The Morgan fingerprint density at radius 3 is 2.40 bits per heavy atom. The lowest BCUT2D eigenvalue weighted by Crippen LogP contribution is -2.42. The molecule has 2 atom stereocenters. The number of likely N-dealkylation sites (N-methyl/N-ethyl adjacent to an activating group) is 1. The second-order valence-corrected chi connectivity index (χ2v) is 10.2. The Hall–Kier alpha value is -2.74. The maximum Gasteiger partial charge on any atom is 0.394 e. The second-order valence-electron chi connectivity index (χ2n) is 9.25. The van der Waals surface area contributed by atoms with Crippen molar-refractivity contribution in [3.05, 3.63) is 33.9 Å². The summed E-state index contributed by atoms with van der Waals surface area (Å²) in [7, 11) is -1.06. The van der Waals surface area contributed by atoms with Gasteiger partial charge >= 0.3 is 16.4 Å². The fourth-order valence-corrected chi connectivity index (χ4v) is 5.31.